The number of carboxylic acids is 1. The number of rotatable bonds is 10. The number of nitrogens with one attached hydrogen (secondary N) is 3. The van der Waals surface area contributed by atoms with E-state index in [2.05, 4.69) is 22.0 Å². The molecule has 0 radical (unpaired) electrons. The topological polar surface area (TPSA) is 150 Å². The third-order valence-corrected chi connectivity index (χ3v) is 9.99. The summed E-state index contributed by atoms with van der Waals surface area (Å²) in [5.41, 5.74) is 6.95. The monoisotopic (exact) mass is 746 g/mol. The van der Waals surface area contributed by atoms with Gasteiger partial charge in [0.05, 0.1) is 33.4 Å². The number of hydrogen-bond donors (Lipinski definition) is 4. The molecule has 2 aliphatic heterocycles. The average Bonchev–Trinajstić information content (AvgIpc) is 3.17. The zero-order valence-electron chi connectivity index (χ0n) is 28.1. The Morgan fingerprint density at radius 3 is 2.28 bits per heavy atom. The molecule has 3 unspecified atom stereocenters. The van der Waals surface area contributed by atoms with Crippen LogP contribution in [0.5, 0.6) is 11.5 Å². The van der Waals surface area contributed by atoms with Crippen molar-refractivity contribution in [3.05, 3.63) is 147 Å². The molecule has 5 aromatic rings. The number of benzene rings is 5. The third kappa shape index (κ3) is 8.13. The number of carbonyl (C=O) groups excluding carboxylic acids is 2. The van der Waals surface area contributed by atoms with E-state index in [1.807, 2.05) is 54.6 Å². The minimum Gasteiger partial charge on any atom is -0.489 e. The van der Waals surface area contributed by atoms with Gasteiger partial charge in [0.1, 0.15) is 24.1 Å². The van der Waals surface area contributed by atoms with Gasteiger partial charge in [-0.15, -0.1) is 0 Å². The van der Waals surface area contributed by atoms with Crippen LogP contribution in [0, 0.1) is 11.3 Å². The fourth-order valence-electron chi connectivity index (χ4n) is 6.34. The molecule has 0 aliphatic carbocycles. The standard InChI is InChI=1S/C41H32Cl2N4O6/c42-32-14-5-25(15-33(32)43)22-52-31-12-10-28(11-13-31)38-40(49)46-34-17-29-18-35(45-21-30(29)19-37(34)53-38)39(48)47-36(41(50)51)16-23-1-6-26(7-2-23)27-8-3-24(20-44)4-9-27/h1-15,17,19,35-36,38,45H,16,18,21-22H2,(H,46,49)(H,47,48)(H,50,51). The Morgan fingerprint density at radius 1 is 0.906 bits per heavy atom. The molecule has 0 aromatic heterocycles. The zero-order valence-corrected chi connectivity index (χ0v) is 29.6. The van der Waals surface area contributed by atoms with Gasteiger partial charge in [-0.05, 0) is 88.3 Å². The number of hydrogen-bond acceptors (Lipinski definition) is 7. The Kier molecular flexibility index (Phi) is 10.3. The van der Waals surface area contributed by atoms with Gasteiger partial charge in [0, 0.05) is 18.5 Å². The van der Waals surface area contributed by atoms with Crippen LogP contribution in [-0.4, -0.2) is 35.0 Å². The van der Waals surface area contributed by atoms with Gasteiger partial charge in [-0.3, -0.25) is 9.59 Å². The molecule has 4 N–H and O–H groups in total. The molecule has 0 fully saturated rings. The van der Waals surface area contributed by atoms with E-state index in [1.54, 1.807) is 48.5 Å². The van der Waals surface area contributed by atoms with E-state index < -0.39 is 30.1 Å². The molecule has 7 rings (SSSR count). The lowest BCUT2D eigenvalue weighted by atomic mass is 9.93. The van der Waals surface area contributed by atoms with Crippen LogP contribution in [0.2, 0.25) is 10.0 Å². The second-order valence-corrected chi connectivity index (χ2v) is 13.7. The van der Waals surface area contributed by atoms with Crippen LogP contribution in [0.25, 0.3) is 11.1 Å². The number of carbonyl (C=O) groups is 3. The quantitative estimate of drug-likeness (QED) is 0.119. The van der Waals surface area contributed by atoms with E-state index >= 15 is 0 Å². The first-order valence-corrected chi connectivity index (χ1v) is 17.5. The van der Waals surface area contributed by atoms with E-state index in [-0.39, 0.29) is 12.3 Å². The fourth-order valence-corrected chi connectivity index (χ4v) is 6.66. The van der Waals surface area contributed by atoms with Crippen LogP contribution in [0.4, 0.5) is 5.69 Å². The van der Waals surface area contributed by atoms with E-state index in [9.17, 15) is 19.5 Å². The number of amides is 2. The summed E-state index contributed by atoms with van der Waals surface area (Å²) < 4.78 is 12.0. The molecule has 12 heteroatoms. The van der Waals surface area contributed by atoms with Crippen molar-refractivity contribution in [2.24, 2.45) is 0 Å². The van der Waals surface area contributed by atoms with Gasteiger partial charge in [-0.1, -0.05) is 77.8 Å². The van der Waals surface area contributed by atoms with E-state index in [0.29, 0.717) is 57.9 Å². The highest BCUT2D eigenvalue weighted by atomic mass is 35.5. The van der Waals surface area contributed by atoms with Crippen LogP contribution in [0.3, 0.4) is 0 Å². The van der Waals surface area contributed by atoms with Crippen molar-refractivity contribution in [1.29, 1.82) is 5.26 Å². The van der Waals surface area contributed by atoms with Crippen molar-refractivity contribution in [2.45, 2.75) is 44.2 Å². The second-order valence-electron chi connectivity index (χ2n) is 12.8. The SMILES string of the molecule is N#Cc1ccc(-c2ccc(CC(NC(=O)C3Cc4cc5c(cc4CN3)OC(c3ccc(OCc4ccc(Cl)c(Cl)c4)cc3)C(=O)N5)C(=O)O)cc2)cc1. The number of ether oxygens (including phenoxy) is 2. The molecular formula is C41H32Cl2N4O6. The van der Waals surface area contributed by atoms with E-state index in [1.165, 1.54) is 0 Å². The molecule has 2 aliphatic rings. The average molecular weight is 748 g/mol. The number of fused-ring (bicyclic) bond motifs is 2. The first kappa shape index (κ1) is 35.5. The lowest BCUT2D eigenvalue weighted by molar-refractivity contribution is -0.142. The number of nitriles is 1. The first-order chi connectivity index (χ1) is 25.6. The highest BCUT2D eigenvalue weighted by Gasteiger charge is 2.33. The summed E-state index contributed by atoms with van der Waals surface area (Å²) in [6, 6.07) is 31.0. The smallest absolute Gasteiger partial charge is 0.326 e. The highest BCUT2D eigenvalue weighted by molar-refractivity contribution is 6.42. The molecule has 2 heterocycles. The lowest BCUT2D eigenvalue weighted by Crippen LogP contribution is -2.52. The van der Waals surface area contributed by atoms with Crippen molar-refractivity contribution < 1.29 is 29.0 Å². The van der Waals surface area contributed by atoms with Gasteiger partial charge in [-0.2, -0.15) is 5.26 Å². The summed E-state index contributed by atoms with van der Waals surface area (Å²) in [4.78, 5) is 38.7. The molecule has 0 saturated carbocycles. The predicted octanol–water partition coefficient (Wildman–Crippen LogP) is 7.01. The lowest BCUT2D eigenvalue weighted by Gasteiger charge is -2.31. The molecule has 53 heavy (non-hydrogen) atoms. The predicted molar refractivity (Wildman–Crippen MR) is 200 cm³/mol. The van der Waals surface area contributed by atoms with Gasteiger partial charge >= 0.3 is 5.97 Å². The Morgan fingerprint density at radius 2 is 1.60 bits per heavy atom. The van der Waals surface area contributed by atoms with Crippen molar-refractivity contribution in [2.75, 3.05) is 5.32 Å². The summed E-state index contributed by atoms with van der Waals surface area (Å²) in [6.45, 7) is 0.644. The van der Waals surface area contributed by atoms with Crippen LogP contribution < -0.4 is 25.4 Å². The number of halogens is 2. The molecule has 10 nitrogen and oxygen atoms in total. The maximum Gasteiger partial charge on any atom is 0.326 e. The summed E-state index contributed by atoms with van der Waals surface area (Å²) in [5.74, 6) is -0.785. The molecule has 3 atom stereocenters. The molecule has 5 aromatic carbocycles. The Balaban J connectivity index is 0.959. The van der Waals surface area contributed by atoms with Crippen molar-refractivity contribution in [3.8, 4) is 28.7 Å². The normalized spacial score (nSPS) is 16.5. The summed E-state index contributed by atoms with van der Waals surface area (Å²) in [5, 5.41) is 28.8. The molecule has 266 valence electrons. The van der Waals surface area contributed by atoms with Gasteiger partial charge in [0.15, 0.2) is 0 Å². The number of nitrogens with zero attached hydrogens (tertiary/aromatic N) is 1. The second kappa shape index (κ2) is 15.4. The van der Waals surface area contributed by atoms with Crippen molar-refractivity contribution in [1.82, 2.24) is 10.6 Å². The van der Waals surface area contributed by atoms with Gasteiger partial charge in [-0.25, -0.2) is 4.79 Å². The number of aliphatic carboxylic acids is 1. The van der Waals surface area contributed by atoms with Gasteiger partial charge < -0.3 is 30.5 Å². The molecule has 2 amide bonds. The van der Waals surface area contributed by atoms with Crippen LogP contribution in [0.15, 0.2) is 103 Å². The fraction of sp³-hybridized carbons (Fsp3) is 0.171. The number of anilines is 1. The Labute approximate surface area is 315 Å². The molecular weight excluding hydrogens is 715 g/mol. The van der Waals surface area contributed by atoms with Gasteiger partial charge in [0.25, 0.3) is 5.91 Å². The molecule has 0 spiro atoms. The third-order valence-electron chi connectivity index (χ3n) is 9.25. The first-order valence-electron chi connectivity index (χ1n) is 16.8. The van der Waals surface area contributed by atoms with Crippen LogP contribution >= 0.6 is 23.2 Å². The van der Waals surface area contributed by atoms with E-state index in [4.69, 9.17) is 37.9 Å². The zero-order chi connectivity index (χ0) is 37.1. The minimum absolute atomic E-state index is 0.102. The summed E-state index contributed by atoms with van der Waals surface area (Å²) in [6.07, 6.45) is -0.479. The minimum atomic E-state index is -1.14. The maximum absolute atomic E-state index is 13.3. The molecule has 0 bridgehead atoms. The van der Waals surface area contributed by atoms with Gasteiger partial charge in [0.2, 0.25) is 12.0 Å². The Bertz CT molecular complexity index is 2240. The van der Waals surface area contributed by atoms with Crippen molar-refractivity contribution >= 4 is 46.7 Å². The summed E-state index contributed by atoms with van der Waals surface area (Å²) >= 11 is 12.1. The van der Waals surface area contributed by atoms with Crippen LogP contribution in [0.1, 0.15) is 39.5 Å². The Hall–Kier alpha value is -5.86. The van der Waals surface area contributed by atoms with E-state index in [0.717, 1.165) is 33.4 Å². The maximum atomic E-state index is 13.3. The van der Waals surface area contributed by atoms with Crippen molar-refractivity contribution in [3.63, 3.8) is 0 Å². The number of carboxylic acid groups (broad SMARTS) is 1. The van der Waals surface area contributed by atoms with Crippen LogP contribution in [-0.2, 0) is 40.4 Å². The molecule has 0 saturated heterocycles. The highest BCUT2D eigenvalue weighted by Crippen LogP contribution is 2.38. The summed E-state index contributed by atoms with van der Waals surface area (Å²) in [7, 11) is 0. The largest absolute Gasteiger partial charge is 0.489 e.